The number of nitrogens with one attached hydrogen (secondary N) is 1. The highest BCUT2D eigenvalue weighted by Crippen LogP contribution is 2.30. The Morgan fingerprint density at radius 1 is 1.62 bits per heavy atom. The van der Waals surface area contributed by atoms with Crippen LogP contribution in [0.2, 0.25) is 0 Å². The van der Waals surface area contributed by atoms with Gasteiger partial charge in [0.2, 0.25) is 0 Å². The number of hydrazine groups is 1. The van der Waals surface area contributed by atoms with E-state index in [9.17, 15) is 10.1 Å². The fourth-order valence-corrected chi connectivity index (χ4v) is 1.68. The number of benzene rings is 1. The molecule has 0 saturated carbocycles. The Kier molecular flexibility index (Phi) is 2.84. The molecule has 0 radical (unpaired) electrons. The lowest BCUT2D eigenvalue weighted by Crippen LogP contribution is -2.09. The Balaban J connectivity index is 3.28. The zero-order valence-electron chi connectivity index (χ0n) is 6.87. The molecule has 6 heteroatoms. The minimum absolute atomic E-state index is 0.0448. The van der Waals surface area contributed by atoms with E-state index in [2.05, 4.69) is 21.4 Å². The van der Waals surface area contributed by atoms with E-state index in [1.54, 1.807) is 6.92 Å². The Morgan fingerprint density at radius 3 is 2.62 bits per heavy atom. The lowest BCUT2D eigenvalue weighted by Gasteiger charge is -2.06. The Labute approximate surface area is 83.2 Å². The van der Waals surface area contributed by atoms with Gasteiger partial charge in [-0.05, 0) is 28.4 Å². The van der Waals surface area contributed by atoms with Gasteiger partial charge in [0.25, 0.3) is 5.69 Å². The van der Waals surface area contributed by atoms with E-state index >= 15 is 0 Å². The summed E-state index contributed by atoms with van der Waals surface area (Å²) in [6.07, 6.45) is 0. The van der Waals surface area contributed by atoms with Gasteiger partial charge in [0.05, 0.1) is 10.6 Å². The van der Waals surface area contributed by atoms with Gasteiger partial charge in [0.1, 0.15) is 0 Å². The number of nitro groups is 1. The van der Waals surface area contributed by atoms with E-state index in [1.807, 2.05) is 0 Å². The van der Waals surface area contributed by atoms with Crippen LogP contribution >= 0.6 is 15.9 Å². The van der Waals surface area contributed by atoms with Crippen LogP contribution in [0.4, 0.5) is 11.4 Å². The molecule has 0 aliphatic heterocycles. The maximum atomic E-state index is 10.4. The largest absolute Gasteiger partial charge is 0.323 e. The first kappa shape index (κ1) is 9.94. The van der Waals surface area contributed by atoms with Crippen molar-refractivity contribution in [3.63, 3.8) is 0 Å². The van der Waals surface area contributed by atoms with Crippen LogP contribution in [0.25, 0.3) is 0 Å². The highest BCUT2D eigenvalue weighted by Gasteiger charge is 2.11. The maximum absolute atomic E-state index is 10.4. The molecule has 0 heterocycles. The van der Waals surface area contributed by atoms with Gasteiger partial charge in [-0.3, -0.25) is 16.0 Å². The van der Waals surface area contributed by atoms with Crippen LogP contribution in [0, 0.1) is 17.0 Å². The monoisotopic (exact) mass is 245 g/mol. The molecule has 13 heavy (non-hydrogen) atoms. The number of nitro benzene ring substituents is 1. The van der Waals surface area contributed by atoms with E-state index in [0.29, 0.717) is 10.2 Å². The fourth-order valence-electron chi connectivity index (χ4n) is 1.01. The number of non-ortho nitro benzene ring substituents is 1. The number of hydrogen-bond donors (Lipinski definition) is 2. The second-order valence-electron chi connectivity index (χ2n) is 2.52. The molecule has 70 valence electrons. The van der Waals surface area contributed by atoms with E-state index in [1.165, 1.54) is 12.1 Å². The highest BCUT2D eigenvalue weighted by atomic mass is 79.9. The van der Waals surface area contributed by atoms with Gasteiger partial charge >= 0.3 is 0 Å². The van der Waals surface area contributed by atoms with Crippen LogP contribution in [0.5, 0.6) is 0 Å². The van der Waals surface area contributed by atoms with Gasteiger partial charge in [-0.15, -0.1) is 0 Å². The molecule has 3 N–H and O–H groups in total. The van der Waals surface area contributed by atoms with Crippen molar-refractivity contribution in [2.45, 2.75) is 6.92 Å². The molecule has 1 rings (SSSR count). The third kappa shape index (κ3) is 1.96. The van der Waals surface area contributed by atoms with Crippen molar-refractivity contribution in [2.24, 2.45) is 5.84 Å². The van der Waals surface area contributed by atoms with Crippen molar-refractivity contribution in [2.75, 3.05) is 5.43 Å². The number of anilines is 1. The maximum Gasteiger partial charge on any atom is 0.270 e. The lowest BCUT2D eigenvalue weighted by molar-refractivity contribution is -0.385. The number of nitrogens with two attached hydrogens (primary N) is 1. The molecule has 0 saturated heterocycles. The molecule has 0 unspecified atom stereocenters. The van der Waals surface area contributed by atoms with Crippen molar-refractivity contribution in [3.8, 4) is 0 Å². The topological polar surface area (TPSA) is 81.2 Å². The van der Waals surface area contributed by atoms with E-state index < -0.39 is 4.92 Å². The number of nitrogens with zero attached hydrogens (tertiary/aromatic N) is 1. The molecule has 1 aromatic rings. The van der Waals surface area contributed by atoms with Crippen molar-refractivity contribution in [3.05, 3.63) is 32.3 Å². The molecule has 0 aliphatic carbocycles. The van der Waals surface area contributed by atoms with Crippen molar-refractivity contribution in [1.82, 2.24) is 0 Å². The number of hydrogen-bond acceptors (Lipinski definition) is 4. The summed E-state index contributed by atoms with van der Waals surface area (Å²) in [5.74, 6) is 5.23. The SMILES string of the molecule is Cc1cc([N+](=O)[O-])cc(Br)c1NN. The number of rotatable bonds is 2. The number of aryl methyl sites for hydroxylation is 1. The molecule has 5 nitrogen and oxygen atoms in total. The predicted octanol–water partition coefficient (Wildman–Crippen LogP) is 1.95. The second kappa shape index (κ2) is 3.71. The zero-order chi connectivity index (χ0) is 10.0. The van der Waals surface area contributed by atoms with Crippen LogP contribution in [0.1, 0.15) is 5.56 Å². The number of halogens is 1. The van der Waals surface area contributed by atoms with Gasteiger partial charge in [-0.25, -0.2) is 0 Å². The van der Waals surface area contributed by atoms with Gasteiger partial charge in [-0.1, -0.05) is 0 Å². The van der Waals surface area contributed by atoms with Crippen LogP contribution < -0.4 is 11.3 Å². The summed E-state index contributed by atoms with van der Waals surface area (Å²) in [5.41, 5.74) is 3.89. The fraction of sp³-hybridized carbons (Fsp3) is 0.143. The molecule has 1 aromatic carbocycles. The minimum Gasteiger partial charge on any atom is -0.323 e. The first-order valence-electron chi connectivity index (χ1n) is 3.47. The summed E-state index contributed by atoms with van der Waals surface area (Å²) in [5, 5.41) is 10.4. The summed E-state index contributed by atoms with van der Waals surface area (Å²) in [4.78, 5) is 9.99. The van der Waals surface area contributed by atoms with Crippen molar-refractivity contribution >= 4 is 27.3 Å². The Bertz CT molecular complexity index is 331. The normalized spacial score (nSPS) is 9.77. The van der Waals surface area contributed by atoms with Gasteiger partial charge < -0.3 is 5.43 Å². The van der Waals surface area contributed by atoms with Gasteiger partial charge in [0, 0.05) is 16.6 Å². The lowest BCUT2D eigenvalue weighted by atomic mass is 10.2. The average Bonchev–Trinajstić information content (AvgIpc) is 2.03. The summed E-state index contributed by atoms with van der Waals surface area (Å²) >= 11 is 3.18. The third-order valence-corrected chi connectivity index (χ3v) is 2.25. The first-order chi connectivity index (χ1) is 6.06. The van der Waals surface area contributed by atoms with E-state index in [4.69, 9.17) is 5.84 Å². The van der Waals surface area contributed by atoms with Crippen LogP contribution in [0.15, 0.2) is 16.6 Å². The van der Waals surface area contributed by atoms with Crippen LogP contribution in [0.3, 0.4) is 0 Å². The molecular weight excluding hydrogens is 238 g/mol. The standard InChI is InChI=1S/C7H8BrN3O2/c1-4-2-5(11(12)13)3-6(8)7(4)10-9/h2-3,10H,9H2,1H3. The van der Waals surface area contributed by atoms with E-state index in [0.717, 1.165) is 5.56 Å². The summed E-state index contributed by atoms with van der Waals surface area (Å²) in [6, 6.07) is 2.86. The molecule has 0 bridgehead atoms. The molecule has 0 aromatic heterocycles. The molecule has 0 fully saturated rings. The quantitative estimate of drug-likeness (QED) is 0.474. The molecule has 0 amide bonds. The smallest absolute Gasteiger partial charge is 0.270 e. The summed E-state index contributed by atoms with van der Waals surface area (Å²) in [7, 11) is 0. The molecule has 0 atom stereocenters. The van der Waals surface area contributed by atoms with E-state index in [-0.39, 0.29) is 5.69 Å². The van der Waals surface area contributed by atoms with Gasteiger partial charge in [0.15, 0.2) is 0 Å². The Morgan fingerprint density at radius 2 is 2.23 bits per heavy atom. The Hall–Kier alpha value is -1.14. The molecule has 0 aliphatic rings. The number of nitrogen functional groups attached to an aromatic ring is 1. The van der Waals surface area contributed by atoms with Crippen molar-refractivity contribution < 1.29 is 4.92 Å². The minimum atomic E-state index is -0.446. The second-order valence-corrected chi connectivity index (χ2v) is 3.38. The first-order valence-corrected chi connectivity index (χ1v) is 4.26. The highest BCUT2D eigenvalue weighted by molar-refractivity contribution is 9.10. The predicted molar refractivity (Wildman–Crippen MR) is 53.3 cm³/mol. The summed E-state index contributed by atoms with van der Waals surface area (Å²) in [6.45, 7) is 1.74. The van der Waals surface area contributed by atoms with Gasteiger partial charge in [-0.2, -0.15) is 0 Å². The average molecular weight is 246 g/mol. The van der Waals surface area contributed by atoms with Crippen LogP contribution in [-0.2, 0) is 0 Å². The zero-order valence-corrected chi connectivity index (χ0v) is 8.46. The molecular formula is C7H8BrN3O2. The molecule has 0 spiro atoms. The van der Waals surface area contributed by atoms with Crippen molar-refractivity contribution in [1.29, 1.82) is 0 Å². The summed E-state index contributed by atoms with van der Waals surface area (Å²) < 4.78 is 0.585. The van der Waals surface area contributed by atoms with Crippen LogP contribution in [-0.4, -0.2) is 4.92 Å². The third-order valence-electron chi connectivity index (χ3n) is 1.63.